The summed E-state index contributed by atoms with van der Waals surface area (Å²) in [6, 6.07) is 5.58. The summed E-state index contributed by atoms with van der Waals surface area (Å²) in [5, 5.41) is 7.03. The van der Waals surface area contributed by atoms with Crippen molar-refractivity contribution < 1.29 is 4.79 Å². The van der Waals surface area contributed by atoms with E-state index in [0.29, 0.717) is 28.2 Å². The lowest BCUT2D eigenvalue weighted by molar-refractivity contribution is 0.0952. The number of carbonyl (C=O) groups is 1. The molecule has 2 N–H and O–H groups in total. The first kappa shape index (κ1) is 13.7. The van der Waals surface area contributed by atoms with Gasteiger partial charge in [0.2, 0.25) is 0 Å². The van der Waals surface area contributed by atoms with Crippen LogP contribution in [0.25, 0.3) is 0 Å². The molecule has 0 aliphatic carbocycles. The Labute approximate surface area is 117 Å². The Bertz CT molecular complexity index is 411. The molecule has 1 heterocycles. The minimum absolute atomic E-state index is 0.205. The number of hydrogen-bond acceptors (Lipinski definition) is 2. The summed E-state index contributed by atoms with van der Waals surface area (Å²) in [6.45, 7) is 1.72. The predicted octanol–water partition coefficient (Wildman–Crippen LogP) is 2.87. The van der Waals surface area contributed by atoms with Crippen molar-refractivity contribution in [2.75, 3.05) is 13.1 Å². The smallest absolute Gasteiger partial charge is 0.254 e. The van der Waals surface area contributed by atoms with Gasteiger partial charge in [-0.25, -0.2) is 0 Å². The fourth-order valence-electron chi connectivity index (χ4n) is 2.17. The summed E-state index contributed by atoms with van der Waals surface area (Å²) in [7, 11) is 0. The van der Waals surface area contributed by atoms with Crippen molar-refractivity contribution >= 4 is 29.1 Å². The van der Waals surface area contributed by atoms with Crippen LogP contribution in [0.5, 0.6) is 0 Å². The van der Waals surface area contributed by atoms with Gasteiger partial charge < -0.3 is 10.6 Å². The molecule has 0 aromatic heterocycles. The largest absolute Gasteiger partial charge is 0.352 e. The van der Waals surface area contributed by atoms with Gasteiger partial charge in [0.15, 0.2) is 0 Å². The first-order valence-corrected chi connectivity index (χ1v) is 6.89. The van der Waals surface area contributed by atoms with Gasteiger partial charge in [-0.1, -0.05) is 29.3 Å². The van der Waals surface area contributed by atoms with E-state index < -0.39 is 0 Å². The van der Waals surface area contributed by atoms with E-state index in [-0.39, 0.29) is 5.91 Å². The quantitative estimate of drug-likeness (QED) is 0.894. The van der Waals surface area contributed by atoms with Gasteiger partial charge in [0.05, 0.1) is 15.6 Å². The van der Waals surface area contributed by atoms with E-state index in [0.717, 1.165) is 13.0 Å². The highest BCUT2D eigenvalue weighted by molar-refractivity contribution is 6.39. The van der Waals surface area contributed by atoms with Gasteiger partial charge in [-0.05, 0) is 37.9 Å². The molecule has 1 saturated heterocycles. The molecular formula is C13H16Cl2N2O. The van der Waals surface area contributed by atoms with Gasteiger partial charge in [-0.2, -0.15) is 0 Å². The third-order valence-electron chi connectivity index (χ3n) is 3.13. The van der Waals surface area contributed by atoms with E-state index in [4.69, 9.17) is 23.2 Å². The number of halogens is 2. The van der Waals surface area contributed by atoms with Gasteiger partial charge >= 0.3 is 0 Å². The Balaban J connectivity index is 1.87. The van der Waals surface area contributed by atoms with Gasteiger partial charge in [-0.3, -0.25) is 4.79 Å². The minimum Gasteiger partial charge on any atom is -0.352 e. The molecule has 0 bridgehead atoms. The van der Waals surface area contributed by atoms with Crippen molar-refractivity contribution in [3.8, 4) is 0 Å². The zero-order chi connectivity index (χ0) is 13.0. The lowest BCUT2D eigenvalue weighted by atomic mass is 10.1. The van der Waals surface area contributed by atoms with Crippen molar-refractivity contribution in [3.63, 3.8) is 0 Å². The second kappa shape index (κ2) is 6.41. The van der Waals surface area contributed by atoms with Crippen LogP contribution in [0, 0.1) is 0 Å². The molecular weight excluding hydrogens is 271 g/mol. The Kier molecular flexibility index (Phi) is 4.87. The number of hydrogen-bond donors (Lipinski definition) is 2. The minimum atomic E-state index is -0.205. The monoisotopic (exact) mass is 286 g/mol. The molecule has 98 valence electrons. The standard InChI is InChI=1S/C13H16Cl2N2O/c14-10-4-1-5-11(15)12(10)13(18)17-8-6-9-3-2-7-16-9/h1,4-5,9,16H,2-3,6-8H2,(H,17,18). The molecule has 5 heteroatoms. The average molecular weight is 287 g/mol. The van der Waals surface area contributed by atoms with Crippen LogP contribution < -0.4 is 10.6 Å². The molecule has 0 radical (unpaired) electrons. The van der Waals surface area contributed by atoms with E-state index in [9.17, 15) is 4.79 Å². The molecule has 1 aliphatic rings. The molecule has 0 spiro atoms. The molecule has 1 atom stereocenters. The number of benzene rings is 1. The fraction of sp³-hybridized carbons (Fsp3) is 0.462. The number of amides is 1. The van der Waals surface area contributed by atoms with Crippen LogP contribution in [0.3, 0.4) is 0 Å². The third kappa shape index (κ3) is 3.37. The summed E-state index contributed by atoms with van der Waals surface area (Å²) in [5.41, 5.74) is 0.361. The van der Waals surface area contributed by atoms with Crippen LogP contribution in [0.1, 0.15) is 29.6 Å². The van der Waals surface area contributed by atoms with Crippen molar-refractivity contribution in [3.05, 3.63) is 33.8 Å². The SMILES string of the molecule is O=C(NCCC1CCCN1)c1c(Cl)cccc1Cl. The number of rotatable bonds is 4. The maximum atomic E-state index is 12.0. The third-order valence-corrected chi connectivity index (χ3v) is 3.76. The lowest BCUT2D eigenvalue weighted by Gasteiger charge is -2.12. The van der Waals surface area contributed by atoms with E-state index in [1.165, 1.54) is 12.8 Å². The van der Waals surface area contributed by atoms with E-state index in [1.54, 1.807) is 18.2 Å². The van der Waals surface area contributed by atoms with E-state index in [2.05, 4.69) is 10.6 Å². The zero-order valence-corrected chi connectivity index (χ0v) is 11.5. The molecule has 1 aromatic carbocycles. The second-order valence-corrected chi connectivity index (χ2v) is 5.25. The highest BCUT2D eigenvalue weighted by Gasteiger charge is 2.16. The number of nitrogens with one attached hydrogen (secondary N) is 2. The Morgan fingerprint density at radius 2 is 2.11 bits per heavy atom. The molecule has 18 heavy (non-hydrogen) atoms. The molecule has 1 amide bonds. The zero-order valence-electron chi connectivity index (χ0n) is 10.0. The first-order valence-electron chi connectivity index (χ1n) is 6.14. The van der Waals surface area contributed by atoms with E-state index in [1.807, 2.05) is 0 Å². The molecule has 3 nitrogen and oxygen atoms in total. The van der Waals surface area contributed by atoms with Crippen LogP contribution in [0.15, 0.2) is 18.2 Å². The Hall–Kier alpha value is -0.770. The summed E-state index contributed by atoms with van der Waals surface area (Å²) in [5.74, 6) is -0.205. The van der Waals surface area contributed by atoms with Gasteiger partial charge in [-0.15, -0.1) is 0 Å². The lowest BCUT2D eigenvalue weighted by Crippen LogP contribution is -2.30. The predicted molar refractivity (Wildman–Crippen MR) is 74.4 cm³/mol. The van der Waals surface area contributed by atoms with Crippen LogP contribution in [-0.4, -0.2) is 25.0 Å². The Morgan fingerprint density at radius 1 is 1.39 bits per heavy atom. The fourth-order valence-corrected chi connectivity index (χ4v) is 2.74. The van der Waals surface area contributed by atoms with Crippen LogP contribution in [0.4, 0.5) is 0 Å². The van der Waals surface area contributed by atoms with Gasteiger partial charge in [0, 0.05) is 12.6 Å². The van der Waals surface area contributed by atoms with Gasteiger partial charge in [0.1, 0.15) is 0 Å². The van der Waals surface area contributed by atoms with Crippen LogP contribution in [0.2, 0.25) is 10.0 Å². The van der Waals surface area contributed by atoms with E-state index >= 15 is 0 Å². The average Bonchev–Trinajstić information content (AvgIpc) is 2.82. The summed E-state index contributed by atoms with van der Waals surface area (Å²) in [4.78, 5) is 12.0. The first-order chi connectivity index (χ1) is 8.68. The van der Waals surface area contributed by atoms with Crippen molar-refractivity contribution in [2.24, 2.45) is 0 Å². The van der Waals surface area contributed by atoms with Gasteiger partial charge in [0.25, 0.3) is 5.91 Å². The molecule has 1 fully saturated rings. The molecule has 1 unspecified atom stereocenters. The maximum Gasteiger partial charge on any atom is 0.254 e. The van der Waals surface area contributed by atoms with Crippen LogP contribution >= 0.6 is 23.2 Å². The molecule has 1 aromatic rings. The second-order valence-electron chi connectivity index (χ2n) is 4.43. The molecule has 2 rings (SSSR count). The summed E-state index contributed by atoms with van der Waals surface area (Å²) in [6.07, 6.45) is 3.34. The van der Waals surface area contributed by atoms with Crippen molar-refractivity contribution in [2.45, 2.75) is 25.3 Å². The highest BCUT2D eigenvalue weighted by Crippen LogP contribution is 2.23. The van der Waals surface area contributed by atoms with Crippen molar-refractivity contribution in [1.29, 1.82) is 0 Å². The normalized spacial score (nSPS) is 18.9. The number of carbonyl (C=O) groups excluding carboxylic acids is 1. The Morgan fingerprint density at radius 3 is 2.72 bits per heavy atom. The van der Waals surface area contributed by atoms with Crippen molar-refractivity contribution in [1.82, 2.24) is 10.6 Å². The summed E-state index contributed by atoms with van der Waals surface area (Å²) >= 11 is 11.9. The maximum absolute atomic E-state index is 12.0. The highest BCUT2D eigenvalue weighted by atomic mass is 35.5. The van der Waals surface area contributed by atoms with Crippen LogP contribution in [-0.2, 0) is 0 Å². The topological polar surface area (TPSA) is 41.1 Å². The summed E-state index contributed by atoms with van der Waals surface area (Å²) < 4.78 is 0. The molecule has 1 aliphatic heterocycles. The molecule has 0 saturated carbocycles.